The average molecular weight is 494 g/mol. The first-order chi connectivity index (χ1) is 16.6. The summed E-state index contributed by atoms with van der Waals surface area (Å²) < 4.78 is 41.5. The molecule has 1 unspecified atom stereocenters. The van der Waals surface area contributed by atoms with Crippen LogP contribution in [0.1, 0.15) is 36.1 Å². The molecule has 0 radical (unpaired) electrons. The van der Waals surface area contributed by atoms with Crippen molar-refractivity contribution in [3.63, 3.8) is 0 Å². The van der Waals surface area contributed by atoms with Crippen LogP contribution in [0.25, 0.3) is 6.08 Å². The summed E-state index contributed by atoms with van der Waals surface area (Å²) in [5.74, 6) is -1.04. The van der Waals surface area contributed by atoms with Crippen molar-refractivity contribution in [2.75, 3.05) is 10.0 Å². The fourth-order valence-electron chi connectivity index (χ4n) is 4.00. The van der Waals surface area contributed by atoms with E-state index in [1.54, 1.807) is 25.3 Å². The van der Waals surface area contributed by atoms with E-state index < -0.39 is 21.9 Å². The zero-order valence-corrected chi connectivity index (χ0v) is 20.0. The summed E-state index contributed by atoms with van der Waals surface area (Å²) >= 11 is 0. The number of benzene rings is 3. The number of hydrogen-bond donors (Lipinski definition) is 2. The van der Waals surface area contributed by atoms with Gasteiger partial charge in [-0.3, -0.25) is 14.3 Å². The second-order valence-corrected chi connectivity index (χ2v) is 9.88. The molecule has 0 aromatic heterocycles. The second kappa shape index (κ2) is 9.71. The first-order valence-corrected chi connectivity index (χ1v) is 12.4. The Labute approximate surface area is 203 Å². The van der Waals surface area contributed by atoms with E-state index in [0.717, 1.165) is 23.3 Å². The molecule has 7 nitrogen and oxygen atoms in total. The van der Waals surface area contributed by atoms with E-state index >= 15 is 0 Å². The van der Waals surface area contributed by atoms with Gasteiger partial charge in [-0.25, -0.2) is 12.8 Å². The van der Waals surface area contributed by atoms with Gasteiger partial charge in [0.1, 0.15) is 5.82 Å². The second-order valence-electron chi connectivity index (χ2n) is 8.23. The maximum absolute atomic E-state index is 13.2. The molecule has 0 bridgehead atoms. The average Bonchev–Trinajstić information content (AvgIpc) is 2.81. The molecule has 0 saturated heterocycles. The molecular formula is C26H24FN3O4S. The van der Waals surface area contributed by atoms with Crippen molar-refractivity contribution in [1.82, 2.24) is 4.90 Å². The van der Waals surface area contributed by atoms with Crippen LogP contribution >= 0.6 is 0 Å². The largest absolute Gasteiger partial charge is 0.326 e. The molecular weight excluding hydrogens is 469 g/mol. The van der Waals surface area contributed by atoms with Gasteiger partial charge in [-0.05, 0) is 66.1 Å². The predicted octanol–water partition coefficient (Wildman–Crippen LogP) is 4.84. The van der Waals surface area contributed by atoms with Gasteiger partial charge < -0.3 is 10.2 Å². The number of fused-ring (bicyclic) bond motifs is 1. The quantitative estimate of drug-likeness (QED) is 0.514. The normalized spacial score (nSPS) is 14.8. The molecule has 2 N–H and O–H groups in total. The number of nitrogens with zero attached hydrogens (tertiary/aromatic N) is 1. The summed E-state index contributed by atoms with van der Waals surface area (Å²) in [6.45, 7) is 3.08. The highest BCUT2D eigenvalue weighted by Crippen LogP contribution is 2.33. The van der Waals surface area contributed by atoms with Crippen molar-refractivity contribution in [3.05, 3.63) is 95.4 Å². The molecule has 35 heavy (non-hydrogen) atoms. The van der Waals surface area contributed by atoms with Crippen molar-refractivity contribution in [3.8, 4) is 0 Å². The molecule has 3 aromatic rings. The minimum absolute atomic E-state index is 0.00920. The highest BCUT2D eigenvalue weighted by atomic mass is 32.2. The molecule has 1 heterocycles. The molecule has 4 rings (SSSR count). The molecule has 9 heteroatoms. The highest BCUT2D eigenvalue weighted by molar-refractivity contribution is 7.92. The fourth-order valence-corrected chi connectivity index (χ4v) is 5.33. The van der Waals surface area contributed by atoms with Crippen molar-refractivity contribution in [1.29, 1.82) is 0 Å². The summed E-state index contributed by atoms with van der Waals surface area (Å²) in [4.78, 5) is 26.6. The van der Waals surface area contributed by atoms with Crippen LogP contribution in [-0.4, -0.2) is 25.1 Å². The molecule has 1 aliphatic rings. The first kappa shape index (κ1) is 24.2. The van der Waals surface area contributed by atoms with Gasteiger partial charge in [0, 0.05) is 24.5 Å². The number of nitrogens with one attached hydrogen (secondary N) is 2. The van der Waals surface area contributed by atoms with Crippen LogP contribution in [0.15, 0.2) is 77.8 Å². The Kier molecular flexibility index (Phi) is 6.70. The van der Waals surface area contributed by atoms with Gasteiger partial charge >= 0.3 is 0 Å². The first-order valence-electron chi connectivity index (χ1n) is 10.9. The monoisotopic (exact) mass is 493 g/mol. The van der Waals surface area contributed by atoms with E-state index in [0.29, 0.717) is 11.3 Å². The lowest BCUT2D eigenvalue weighted by Crippen LogP contribution is -2.33. The SMILES string of the molecule is CC(=O)N1C=Cc2ccccc2C1CC(=O)Nc1ccc(C)c(S(=O)(=O)Nc2ccc(F)cc2)c1. The lowest BCUT2D eigenvalue weighted by molar-refractivity contribution is -0.129. The number of rotatable bonds is 6. The zero-order chi connectivity index (χ0) is 25.2. The number of hydrogen-bond acceptors (Lipinski definition) is 4. The Morgan fingerprint density at radius 2 is 1.69 bits per heavy atom. The number of anilines is 2. The van der Waals surface area contributed by atoms with Crippen molar-refractivity contribution < 1.29 is 22.4 Å². The van der Waals surface area contributed by atoms with Gasteiger partial charge in [0.2, 0.25) is 11.8 Å². The van der Waals surface area contributed by atoms with E-state index in [-0.39, 0.29) is 28.8 Å². The molecule has 0 aliphatic carbocycles. The van der Waals surface area contributed by atoms with Gasteiger partial charge in [-0.2, -0.15) is 0 Å². The number of carbonyl (C=O) groups is 2. The number of carbonyl (C=O) groups excluding carboxylic acids is 2. The van der Waals surface area contributed by atoms with Crippen LogP contribution in [0.2, 0.25) is 0 Å². The van der Waals surface area contributed by atoms with Crippen molar-refractivity contribution in [2.45, 2.75) is 31.2 Å². The van der Waals surface area contributed by atoms with E-state index in [2.05, 4.69) is 10.0 Å². The molecule has 0 saturated carbocycles. The molecule has 1 aliphatic heterocycles. The van der Waals surface area contributed by atoms with Gasteiger partial charge in [0.05, 0.1) is 17.4 Å². The molecule has 3 aromatic carbocycles. The van der Waals surface area contributed by atoms with Crippen molar-refractivity contribution >= 4 is 39.3 Å². The number of amides is 2. The number of sulfonamides is 1. The molecule has 2 amide bonds. The van der Waals surface area contributed by atoms with Crippen LogP contribution < -0.4 is 10.0 Å². The van der Waals surface area contributed by atoms with Gasteiger partial charge in [0.25, 0.3) is 10.0 Å². The standard InChI is InChI=1S/C26H24FN3O4S/c1-17-7-10-22(15-25(17)35(33,34)29-21-11-8-20(27)9-12-21)28-26(32)16-24-23-6-4-3-5-19(23)13-14-30(24)18(2)31/h3-15,24,29H,16H2,1-2H3,(H,28,32). The fraction of sp³-hybridized carbons (Fsp3) is 0.154. The Morgan fingerprint density at radius 3 is 2.40 bits per heavy atom. The van der Waals surface area contributed by atoms with Gasteiger partial charge in [0.15, 0.2) is 0 Å². The van der Waals surface area contributed by atoms with Gasteiger partial charge in [-0.1, -0.05) is 30.3 Å². The Morgan fingerprint density at radius 1 is 1.00 bits per heavy atom. The van der Waals surface area contributed by atoms with Crippen LogP contribution in [0.3, 0.4) is 0 Å². The zero-order valence-electron chi connectivity index (χ0n) is 19.2. The van der Waals surface area contributed by atoms with Crippen LogP contribution in [-0.2, 0) is 19.6 Å². The minimum atomic E-state index is -3.99. The number of aryl methyl sites for hydroxylation is 1. The third-order valence-corrected chi connectivity index (χ3v) is 7.23. The maximum atomic E-state index is 13.2. The summed E-state index contributed by atoms with van der Waals surface area (Å²) in [5, 5.41) is 2.75. The lowest BCUT2D eigenvalue weighted by Gasteiger charge is -2.32. The van der Waals surface area contributed by atoms with Crippen LogP contribution in [0, 0.1) is 12.7 Å². The van der Waals surface area contributed by atoms with E-state index in [9.17, 15) is 22.4 Å². The molecule has 0 fully saturated rings. The van der Waals surface area contributed by atoms with E-state index in [1.807, 2.05) is 30.3 Å². The smallest absolute Gasteiger partial charge is 0.262 e. The number of halogens is 1. The predicted molar refractivity (Wildman–Crippen MR) is 132 cm³/mol. The molecule has 1 atom stereocenters. The third kappa shape index (κ3) is 5.41. The summed E-state index contributed by atoms with van der Waals surface area (Å²) in [5.41, 5.74) is 2.78. The van der Waals surface area contributed by atoms with Crippen LogP contribution in [0.4, 0.5) is 15.8 Å². The van der Waals surface area contributed by atoms with E-state index in [4.69, 9.17) is 0 Å². The summed E-state index contributed by atoms with van der Waals surface area (Å²) in [7, 11) is -3.99. The Balaban J connectivity index is 1.54. The van der Waals surface area contributed by atoms with Gasteiger partial charge in [-0.15, -0.1) is 0 Å². The summed E-state index contributed by atoms with van der Waals surface area (Å²) in [6, 6.07) is 16.6. The van der Waals surface area contributed by atoms with Crippen LogP contribution in [0.5, 0.6) is 0 Å². The molecule has 0 spiro atoms. The third-order valence-electron chi connectivity index (χ3n) is 5.71. The van der Waals surface area contributed by atoms with Crippen molar-refractivity contribution in [2.24, 2.45) is 0 Å². The summed E-state index contributed by atoms with van der Waals surface area (Å²) in [6.07, 6.45) is 3.49. The minimum Gasteiger partial charge on any atom is -0.326 e. The maximum Gasteiger partial charge on any atom is 0.262 e. The van der Waals surface area contributed by atoms with E-state index in [1.165, 1.54) is 30.0 Å². The Hall–Kier alpha value is -3.98. The highest BCUT2D eigenvalue weighted by Gasteiger charge is 2.28. The lowest BCUT2D eigenvalue weighted by atomic mass is 9.93. The Bertz CT molecular complexity index is 1420. The molecule has 180 valence electrons. The topological polar surface area (TPSA) is 95.6 Å².